The summed E-state index contributed by atoms with van der Waals surface area (Å²) in [7, 11) is 0. The molecule has 4 aromatic rings. The number of nitrogens with two attached hydrogens (primary N) is 1. The number of halogens is 2. The molecule has 0 unspecified atom stereocenters. The highest BCUT2D eigenvalue weighted by molar-refractivity contribution is 7.80. The summed E-state index contributed by atoms with van der Waals surface area (Å²) in [6, 6.07) is 25.2. The van der Waals surface area contributed by atoms with Crippen LogP contribution in [-0.4, -0.2) is 16.9 Å². The molecule has 0 aliphatic rings. The topological polar surface area (TPSA) is 96.2 Å². The third kappa shape index (κ3) is 5.86. The Hall–Kier alpha value is -4.27. The first kappa shape index (κ1) is 24.8. The minimum Gasteiger partial charge on any atom is -0.366 e. The van der Waals surface area contributed by atoms with Gasteiger partial charge in [-0.15, -0.1) is 0 Å². The van der Waals surface area contributed by atoms with Gasteiger partial charge in [-0.2, -0.15) is 0 Å². The van der Waals surface area contributed by atoms with Crippen LogP contribution in [0.15, 0.2) is 91.0 Å². The molecule has 0 radical (unpaired) electrons. The lowest BCUT2D eigenvalue weighted by molar-refractivity contribution is 0.0994. The van der Waals surface area contributed by atoms with Gasteiger partial charge in [0.2, 0.25) is 0 Å². The molecule has 0 bridgehead atoms. The van der Waals surface area contributed by atoms with Crippen molar-refractivity contribution in [2.75, 3.05) is 16.0 Å². The summed E-state index contributed by atoms with van der Waals surface area (Å²) >= 11 is 11.7. The lowest BCUT2D eigenvalue weighted by atomic mass is 10.0. The van der Waals surface area contributed by atoms with E-state index >= 15 is 0 Å². The highest BCUT2D eigenvalue weighted by atomic mass is 35.5. The smallest absolute Gasteiger partial charge is 0.255 e. The number of nitrogens with one attached hydrogen (secondary N) is 3. The minimum atomic E-state index is -0.823. The number of thiocarbonyl (C=S) groups is 1. The fourth-order valence-electron chi connectivity index (χ4n) is 3.45. The molecule has 0 aromatic heterocycles. The Kier molecular flexibility index (Phi) is 7.58. The largest absolute Gasteiger partial charge is 0.366 e. The third-order valence-corrected chi connectivity index (χ3v) is 5.75. The van der Waals surface area contributed by atoms with E-state index < -0.39 is 11.7 Å². The van der Waals surface area contributed by atoms with Crippen molar-refractivity contribution in [3.63, 3.8) is 0 Å². The Morgan fingerprint density at radius 2 is 1.47 bits per heavy atom. The van der Waals surface area contributed by atoms with E-state index in [9.17, 15) is 14.0 Å². The standard InChI is InChI=1S/C27H20ClFN4O2S/c28-22-15-19(13-14-23(22)33-26(35)17-5-2-1-3-6-17)32-27(36)31-18-11-9-16(10-12-18)20-7-4-8-21(24(20)29)25(30)34/h1-15H,(H2,30,34)(H,33,35)(H2,31,32,36). The zero-order chi connectivity index (χ0) is 25.7. The maximum Gasteiger partial charge on any atom is 0.255 e. The number of rotatable bonds is 6. The molecule has 0 heterocycles. The second-order valence-electron chi connectivity index (χ2n) is 7.70. The van der Waals surface area contributed by atoms with Crippen LogP contribution in [0.25, 0.3) is 11.1 Å². The van der Waals surface area contributed by atoms with Gasteiger partial charge in [-0.3, -0.25) is 9.59 Å². The van der Waals surface area contributed by atoms with Crippen LogP contribution in [0.3, 0.4) is 0 Å². The molecule has 4 aromatic carbocycles. The molecule has 6 nitrogen and oxygen atoms in total. The highest BCUT2D eigenvalue weighted by Crippen LogP contribution is 2.28. The Balaban J connectivity index is 1.39. The highest BCUT2D eigenvalue weighted by Gasteiger charge is 2.14. The molecule has 9 heteroatoms. The maximum absolute atomic E-state index is 14.6. The fraction of sp³-hybridized carbons (Fsp3) is 0. The molecule has 180 valence electrons. The molecule has 0 aliphatic heterocycles. The number of amides is 2. The fourth-order valence-corrected chi connectivity index (χ4v) is 3.91. The Morgan fingerprint density at radius 1 is 0.806 bits per heavy atom. The number of primary amides is 1. The molecular weight excluding hydrogens is 499 g/mol. The van der Waals surface area contributed by atoms with Crippen LogP contribution in [-0.2, 0) is 0 Å². The molecule has 0 aliphatic carbocycles. The van der Waals surface area contributed by atoms with Crippen LogP contribution in [0, 0.1) is 5.82 Å². The first-order valence-corrected chi connectivity index (χ1v) is 11.5. The summed E-state index contributed by atoms with van der Waals surface area (Å²) in [5.41, 5.74) is 8.20. The first-order valence-electron chi connectivity index (χ1n) is 10.7. The summed E-state index contributed by atoms with van der Waals surface area (Å²) in [5, 5.41) is 9.50. The lowest BCUT2D eigenvalue weighted by Gasteiger charge is -2.13. The van der Waals surface area contributed by atoms with Gasteiger partial charge in [0.25, 0.3) is 11.8 Å². The van der Waals surface area contributed by atoms with Crippen molar-refractivity contribution in [2.45, 2.75) is 0 Å². The van der Waals surface area contributed by atoms with E-state index in [0.29, 0.717) is 38.3 Å². The first-order chi connectivity index (χ1) is 17.3. The SMILES string of the molecule is NC(=O)c1cccc(-c2ccc(NC(=S)Nc3ccc(NC(=O)c4ccccc4)c(Cl)c3)cc2)c1F. The van der Waals surface area contributed by atoms with Crippen molar-refractivity contribution in [1.82, 2.24) is 0 Å². The molecular formula is C27H20ClFN4O2S. The van der Waals surface area contributed by atoms with Gasteiger partial charge in [-0.25, -0.2) is 4.39 Å². The number of carbonyl (C=O) groups excluding carboxylic acids is 2. The van der Waals surface area contributed by atoms with Gasteiger partial charge >= 0.3 is 0 Å². The summed E-state index contributed by atoms with van der Waals surface area (Å²) in [6.45, 7) is 0. The van der Waals surface area contributed by atoms with Gasteiger partial charge in [0.05, 0.1) is 16.3 Å². The predicted molar refractivity (Wildman–Crippen MR) is 146 cm³/mol. The van der Waals surface area contributed by atoms with Crippen LogP contribution in [0.2, 0.25) is 5.02 Å². The van der Waals surface area contributed by atoms with E-state index in [1.165, 1.54) is 6.07 Å². The van der Waals surface area contributed by atoms with Gasteiger partial charge in [0, 0.05) is 22.5 Å². The number of carbonyl (C=O) groups is 2. The van der Waals surface area contributed by atoms with Gasteiger partial charge in [-0.05, 0) is 66.3 Å². The lowest BCUT2D eigenvalue weighted by Crippen LogP contribution is -2.19. The third-order valence-electron chi connectivity index (χ3n) is 5.23. The Morgan fingerprint density at radius 3 is 2.14 bits per heavy atom. The van der Waals surface area contributed by atoms with Gasteiger partial charge < -0.3 is 21.7 Å². The Bertz CT molecular complexity index is 1450. The van der Waals surface area contributed by atoms with Gasteiger partial charge in [-0.1, -0.05) is 54.1 Å². The summed E-state index contributed by atoms with van der Waals surface area (Å²) in [6.07, 6.45) is 0. The summed E-state index contributed by atoms with van der Waals surface area (Å²) in [5.74, 6) is -1.75. The molecule has 0 saturated heterocycles. The van der Waals surface area contributed by atoms with Crippen LogP contribution in [0.5, 0.6) is 0 Å². The average Bonchev–Trinajstić information content (AvgIpc) is 2.86. The quantitative estimate of drug-likeness (QED) is 0.224. The number of benzene rings is 4. The zero-order valence-corrected chi connectivity index (χ0v) is 20.3. The van der Waals surface area contributed by atoms with E-state index in [1.807, 2.05) is 6.07 Å². The van der Waals surface area contributed by atoms with Crippen LogP contribution < -0.4 is 21.7 Å². The van der Waals surface area contributed by atoms with E-state index in [0.717, 1.165) is 0 Å². The Labute approximate surface area is 217 Å². The molecule has 4 rings (SSSR count). The monoisotopic (exact) mass is 518 g/mol. The molecule has 2 amide bonds. The molecule has 0 spiro atoms. The van der Waals surface area contributed by atoms with E-state index in [2.05, 4.69) is 16.0 Å². The van der Waals surface area contributed by atoms with Crippen LogP contribution in [0.4, 0.5) is 21.5 Å². The molecule has 5 N–H and O–H groups in total. The average molecular weight is 519 g/mol. The van der Waals surface area contributed by atoms with Crippen molar-refractivity contribution < 1.29 is 14.0 Å². The van der Waals surface area contributed by atoms with Crippen molar-refractivity contribution in [1.29, 1.82) is 0 Å². The van der Waals surface area contributed by atoms with E-state index in [-0.39, 0.29) is 17.0 Å². The number of anilines is 3. The van der Waals surface area contributed by atoms with Crippen molar-refractivity contribution in [3.8, 4) is 11.1 Å². The van der Waals surface area contributed by atoms with Crippen molar-refractivity contribution in [2.24, 2.45) is 5.73 Å². The second-order valence-corrected chi connectivity index (χ2v) is 8.52. The number of hydrogen-bond donors (Lipinski definition) is 4. The normalized spacial score (nSPS) is 10.4. The predicted octanol–water partition coefficient (Wildman–Crippen LogP) is 6.31. The van der Waals surface area contributed by atoms with Crippen LogP contribution in [0.1, 0.15) is 20.7 Å². The van der Waals surface area contributed by atoms with E-state index in [4.69, 9.17) is 29.6 Å². The summed E-state index contributed by atoms with van der Waals surface area (Å²) in [4.78, 5) is 23.8. The zero-order valence-electron chi connectivity index (χ0n) is 18.7. The second kappa shape index (κ2) is 11.0. The molecule has 0 fully saturated rings. The van der Waals surface area contributed by atoms with Gasteiger partial charge in [0.15, 0.2) is 5.11 Å². The van der Waals surface area contributed by atoms with Crippen molar-refractivity contribution in [3.05, 3.63) is 113 Å². The summed E-state index contributed by atoms with van der Waals surface area (Å²) < 4.78 is 14.6. The molecule has 0 saturated carbocycles. The molecule has 0 atom stereocenters. The number of hydrogen-bond acceptors (Lipinski definition) is 3. The minimum absolute atomic E-state index is 0.163. The molecule has 36 heavy (non-hydrogen) atoms. The van der Waals surface area contributed by atoms with E-state index in [1.54, 1.807) is 78.9 Å². The van der Waals surface area contributed by atoms with Crippen molar-refractivity contribution >= 4 is 57.8 Å². The van der Waals surface area contributed by atoms with Crippen LogP contribution >= 0.6 is 23.8 Å². The maximum atomic E-state index is 14.6. The van der Waals surface area contributed by atoms with Gasteiger partial charge in [0.1, 0.15) is 5.82 Å².